The summed E-state index contributed by atoms with van der Waals surface area (Å²) in [6.07, 6.45) is 3.29. The minimum absolute atomic E-state index is 0.0551. The van der Waals surface area contributed by atoms with Crippen LogP contribution in [0.15, 0.2) is 41.1 Å². The van der Waals surface area contributed by atoms with Gasteiger partial charge in [-0.3, -0.25) is 4.98 Å². The number of hydrogen-bond donors (Lipinski definition) is 2. The minimum atomic E-state index is -0.430. The minimum Gasteiger partial charge on any atom is -0.507 e. The van der Waals surface area contributed by atoms with Crippen LogP contribution in [0.5, 0.6) is 5.75 Å². The van der Waals surface area contributed by atoms with Crippen LogP contribution in [0.1, 0.15) is 5.56 Å². The van der Waals surface area contributed by atoms with Gasteiger partial charge in [0.25, 0.3) is 0 Å². The molecule has 0 amide bonds. The van der Waals surface area contributed by atoms with Crippen LogP contribution in [0.4, 0.5) is 10.1 Å². The number of benzene rings is 1. The van der Waals surface area contributed by atoms with Crippen LogP contribution in [-0.2, 0) is 6.54 Å². The first-order chi connectivity index (χ1) is 8.16. The fourth-order valence-electron chi connectivity index (χ4n) is 1.42. The Morgan fingerprint density at radius 1 is 1.35 bits per heavy atom. The van der Waals surface area contributed by atoms with Crippen molar-refractivity contribution >= 4 is 21.6 Å². The van der Waals surface area contributed by atoms with Crippen molar-refractivity contribution in [2.45, 2.75) is 6.54 Å². The lowest BCUT2D eigenvalue weighted by atomic mass is 10.2. The monoisotopic (exact) mass is 296 g/mol. The highest BCUT2D eigenvalue weighted by Crippen LogP contribution is 2.21. The summed E-state index contributed by atoms with van der Waals surface area (Å²) < 4.78 is 14.2. The van der Waals surface area contributed by atoms with Gasteiger partial charge in [-0.1, -0.05) is 6.07 Å². The molecule has 0 saturated heterocycles. The number of hydrogen-bond acceptors (Lipinski definition) is 3. The first-order valence-electron chi connectivity index (χ1n) is 4.97. The topological polar surface area (TPSA) is 45.1 Å². The number of nitrogens with zero attached hydrogens (tertiary/aromatic N) is 1. The van der Waals surface area contributed by atoms with Gasteiger partial charge in [0.05, 0.1) is 11.9 Å². The molecule has 1 heterocycles. The summed E-state index contributed by atoms with van der Waals surface area (Å²) in [4.78, 5) is 3.98. The lowest BCUT2D eigenvalue weighted by Gasteiger charge is -2.08. The largest absolute Gasteiger partial charge is 0.507 e. The number of pyridine rings is 1. The van der Waals surface area contributed by atoms with Crippen LogP contribution >= 0.6 is 15.9 Å². The quantitative estimate of drug-likeness (QED) is 0.913. The standard InChI is InChI=1S/C12H10BrFN2O/c13-8-4-9(6-15-5-8)16-7-10-11(14)2-1-3-12(10)17/h1-6,16-17H,7H2. The van der Waals surface area contributed by atoms with E-state index < -0.39 is 5.82 Å². The highest BCUT2D eigenvalue weighted by molar-refractivity contribution is 9.10. The molecule has 0 radical (unpaired) electrons. The smallest absolute Gasteiger partial charge is 0.131 e. The summed E-state index contributed by atoms with van der Waals surface area (Å²) >= 11 is 3.29. The van der Waals surface area contributed by atoms with Gasteiger partial charge in [-0.15, -0.1) is 0 Å². The van der Waals surface area contributed by atoms with Crippen LogP contribution in [0, 0.1) is 5.82 Å². The van der Waals surface area contributed by atoms with Crippen molar-refractivity contribution in [2.24, 2.45) is 0 Å². The van der Waals surface area contributed by atoms with Crippen LogP contribution in [0.2, 0.25) is 0 Å². The molecule has 3 nitrogen and oxygen atoms in total. The molecule has 2 N–H and O–H groups in total. The van der Waals surface area contributed by atoms with Crippen LogP contribution in [0.25, 0.3) is 0 Å². The Labute approximate surface area is 106 Å². The van der Waals surface area contributed by atoms with Gasteiger partial charge < -0.3 is 10.4 Å². The van der Waals surface area contributed by atoms with E-state index in [1.165, 1.54) is 18.2 Å². The number of aromatic nitrogens is 1. The molecule has 0 aliphatic rings. The van der Waals surface area contributed by atoms with Crippen molar-refractivity contribution in [3.8, 4) is 5.75 Å². The molecule has 0 spiro atoms. The molecule has 0 bridgehead atoms. The van der Waals surface area contributed by atoms with Gasteiger partial charge in [0.15, 0.2) is 0 Å². The van der Waals surface area contributed by atoms with Gasteiger partial charge in [-0.2, -0.15) is 0 Å². The van der Waals surface area contributed by atoms with E-state index in [-0.39, 0.29) is 17.9 Å². The van der Waals surface area contributed by atoms with E-state index in [0.29, 0.717) is 0 Å². The van der Waals surface area contributed by atoms with E-state index in [0.717, 1.165) is 10.2 Å². The molecule has 0 aliphatic carbocycles. The maximum absolute atomic E-state index is 13.4. The Balaban J connectivity index is 2.13. The fourth-order valence-corrected chi connectivity index (χ4v) is 1.79. The third-order valence-electron chi connectivity index (χ3n) is 2.27. The van der Waals surface area contributed by atoms with E-state index in [4.69, 9.17) is 0 Å². The van der Waals surface area contributed by atoms with E-state index in [1.54, 1.807) is 12.4 Å². The molecule has 0 atom stereocenters. The molecule has 1 aromatic carbocycles. The Morgan fingerprint density at radius 3 is 2.88 bits per heavy atom. The molecular formula is C12H10BrFN2O. The Bertz CT molecular complexity index is 513. The lowest BCUT2D eigenvalue weighted by molar-refractivity contribution is 0.460. The number of phenols is 1. The highest BCUT2D eigenvalue weighted by atomic mass is 79.9. The number of halogens is 2. The molecule has 5 heteroatoms. The van der Waals surface area contributed by atoms with Gasteiger partial charge in [-0.25, -0.2) is 4.39 Å². The van der Waals surface area contributed by atoms with E-state index in [9.17, 15) is 9.50 Å². The number of anilines is 1. The Hall–Kier alpha value is -1.62. The second kappa shape index (κ2) is 5.14. The maximum atomic E-state index is 13.4. The number of rotatable bonds is 3. The predicted molar refractivity (Wildman–Crippen MR) is 67.3 cm³/mol. The van der Waals surface area contributed by atoms with Crippen LogP contribution in [0.3, 0.4) is 0 Å². The predicted octanol–water partition coefficient (Wildman–Crippen LogP) is 3.30. The second-order valence-corrected chi connectivity index (χ2v) is 4.40. The molecule has 0 unspecified atom stereocenters. The molecule has 0 saturated carbocycles. The number of aromatic hydroxyl groups is 1. The molecule has 2 aromatic rings. The molecule has 0 aliphatic heterocycles. The zero-order valence-electron chi connectivity index (χ0n) is 8.82. The van der Waals surface area contributed by atoms with Crippen molar-refractivity contribution in [1.82, 2.24) is 4.98 Å². The van der Waals surface area contributed by atoms with Gasteiger partial charge in [0.2, 0.25) is 0 Å². The normalized spacial score (nSPS) is 10.2. The van der Waals surface area contributed by atoms with Gasteiger partial charge in [0, 0.05) is 22.8 Å². The molecule has 1 aromatic heterocycles. The molecule has 2 rings (SSSR count). The number of nitrogens with one attached hydrogen (secondary N) is 1. The highest BCUT2D eigenvalue weighted by Gasteiger charge is 2.07. The SMILES string of the molecule is Oc1cccc(F)c1CNc1cncc(Br)c1. The third-order valence-corrected chi connectivity index (χ3v) is 2.70. The first kappa shape index (κ1) is 11.9. The second-order valence-electron chi connectivity index (χ2n) is 3.48. The first-order valence-corrected chi connectivity index (χ1v) is 5.77. The van der Waals surface area contributed by atoms with Crippen molar-refractivity contribution < 1.29 is 9.50 Å². The van der Waals surface area contributed by atoms with Crippen molar-refractivity contribution in [3.63, 3.8) is 0 Å². The molecule has 17 heavy (non-hydrogen) atoms. The number of phenolic OH excluding ortho intramolecular Hbond substituents is 1. The lowest BCUT2D eigenvalue weighted by Crippen LogP contribution is -2.02. The van der Waals surface area contributed by atoms with Crippen molar-refractivity contribution in [2.75, 3.05) is 5.32 Å². The summed E-state index contributed by atoms with van der Waals surface area (Å²) in [6.45, 7) is 0.205. The van der Waals surface area contributed by atoms with Crippen LogP contribution < -0.4 is 5.32 Å². The molecule has 0 fully saturated rings. The summed E-state index contributed by atoms with van der Waals surface area (Å²) in [5.74, 6) is -0.485. The van der Waals surface area contributed by atoms with E-state index in [1.807, 2.05) is 6.07 Å². The van der Waals surface area contributed by atoms with E-state index >= 15 is 0 Å². The van der Waals surface area contributed by atoms with Gasteiger partial charge in [0.1, 0.15) is 11.6 Å². The zero-order chi connectivity index (χ0) is 12.3. The third kappa shape index (κ3) is 2.94. The fraction of sp³-hybridized carbons (Fsp3) is 0.0833. The molecule has 88 valence electrons. The molecular weight excluding hydrogens is 287 g/mol. The zero-order valence-corrected chi connectivity index (χ0v) is 10.4. The van der Waals surface area contributed by atoms with Gasteiger partial charge in [-0.05, 0) is 34.1 Å². The van der Waals surface area contributed by atoms with E-state index in [2.05, 4.69) is 26.2 Å². The summed E-state index contributed by atoms with van der Waals surface area (Å²) in [7, 11) is 0. The average Bonchev–Trinajstić information content (AvgIpc) is 2.28. The summed E-state index contributed by atoms with van der Waals surface area (Å²) in [5, 5.41) is 12.5. The van der Waals surface area contributed by atoms with Crippen molar-refractivity contribution in [3.05, 3.63) is 52.5 Å². The average molecular weight is 297 g/mol. The Morgan fingerprint density at radius 2 is 2.18 bits per heavy atom. The maximum Gasteiger partial charge on any atom is 0.131 e. The van der Waals surface area contributed by atoms with Crippen LogP contribution in [-0.4, -0.2) is 10.1 Å². The Kier molecular flexibility index (Phi) is 3.58. The van der Waals surface area contributed by atoms with Crippen molar-refractivity contribution in [1.29, 1.82) is 0 Å². The summed E-state index contributed by atoms with van der Waals surface area (Å²) in [6, 6.07) is 6.06. The summed E-state index contributed by atoms with van der Waals surface area (Å²) in [5.41, 5.74) is 0.995. The van der Waals surface area contributed by atoms with Gasteiger partial charge >= 0.3 is 0 Å².